The van der Waals surface area contributed by atoms with Crippen LogP contribution in [-0.2, 0) is 30.9 Å². The second-order valence-corrected chi connectivity index (χ2v) is 7.76. The predicted octanol–water partition coefficient (Wildman–Crippen LogP) is 0.499. The van der Waals surface area contributed by atoms with Crippen LogP contribution < -0.4 is 16.2 Å². The summed E-state index contributed by atoms with van der Waals surface area (Å²) in [5.74, 6) is -1.81. The van der Waals surface area contributed by atoms with Crippen molar-refractivity contribution >= 4 is 22.0 Å². The molecule has 0 aliphatic carbocycles. The van der Waals surface area contributed by atoms with Crippen LogP contribution in [0.5, 0.6) is 0 Å². The van der Waals surface area contributed by atoms with Gasteiger partial charge in [-0.3, -0.25) is 4.79 Å². The number of nitrogens with one attached hydrogen (secondary N) is 1. The molecule has 5 N–H and O–H groups in total. The van der Waals surface area contributed by atoms with Crippen molar-refractivity contribution < 1.29 is 27.5 Å². The number of carbonyl (C=O) groups is 2. The smallest absolute Gasteiger partial charge is 0.345 e. The van der Waals surface area contributed by atoms with Gasteiger partial charge >= 0.3 is 11.9 Å². The molecule has 2 aromatic carbocycles. The highest BCUT2D eigenvalue weighted by Gasteiger charge is 2.21. The molecule has 0 bridgehead atoms. The number of sulfonamides is 1. The summed E-state index contributed by atoms with van der Waals surface area (Å²) in [5.41, 5.74) is 12.0. The maximum atomic E-state index is 12.2. The molecule has 156 valence electrons. The number of hydrogen-bond acceptors (Lipinski definition) is 8. The van der Waals surface area contributed by atoms with Gasteiger partial charge in [0.15, 0.2) is 0 Å². The number of carbonyl (C=O) groups excluding carboxylic acids is 2. The predicted molar refractivity (Wildman–Crippen MR) is 105 cm³/mol. The highest BCUT2D eigenvalue weighted by atomic mass is 32.2. The number of ether oxygens (including phenoxy) is 2. The molecule has 2 rings (SSSR count). The van der Waals surface area contributed by atoms with E-state index in [9.17, 15) is 18.0 Å². The minimum atomic E-state index is -3.89. The van der Waals surface area contributed by atoms with E-state index >= 15 is 0 Å². The van der Waals surface area contributed by atoms with Crippen molar-refractivity contribution in [2.45, 2.75) is 24.1 Å². The van der Waals surface area contributed by atoms with E-state index in [0.29, 0.717) is 19.8 Å². The molecular weight excluding hydrogens is 398 g/mol. The van der Waals surface area contributed by atoms with Crippen LogP contribution in [0.3, 0.4) is 0 Å². The van der Waals surface area contributed by atoms with Crippen molar-refractivity contribution in [3.63, 3.8) is 0 Å². The van der Waals surface area contributed by atoms with Gasteiger partial charge in [-0.05, 0) is 29.8 Å². The third kappa shape index (κ3) is 7.37. The van der Waals surface area contributed by atoms with Crippen LogP contribution in [0.15, 0.2) is 59.5 Å². The molecule has 0 saturated heterocycles. The SMILES string of the molecule is NCCOCc1ccc(C(=O)OC(=O)C[C@@H](N)NS(=O)(=O)c2ccccc2)cc1. The van der Waals surface area contributed by atoms with Gasteiger partial charge in [0.25, 0.3) is 0 Å². The third-order valence-corrected chi connectivity index (χ3v) is 5.18. The first-order valence-electron chi connectivity index (χ1n) is 8.76. The van der Waals surface area contributed by atoms with Crippen LogP contribution in [0.2, 0.25) is 0 Å². The summed E-state index contributed by atoms with van der Waals surface area (Å²) in [7, 11) is -3.89. The largest absolute Gasteiger partial charge is 0.389 e. The Labute approximate surface area is 169 Å². The summed E-state index contributed by atoms with van der Waals surface area (Å²) in [5, 5.41) is 0. The molecule has 1 atom stereocenters. The fourth-order valence-electron chi connectivity index (χ4n) is 2.30. The van der Waals surface area contributed by atoms with Crippen molar-refractivity contribution in [2.75, 3.05) is 13.2 Å². The normalized spacial score (nSPS) is 12.3. The van der Waals surface area contributed by atoms with E-state index in [1.54, 1.807) is 30.3 Å². The van der Waals surface area contributed by atoms with Gasteiger partial charge in [-0.2, -0.15) is 4.72 Å². The average Bonchev–Trinajstić information content (AvgIpc) is 2.68. The first-order valence-corrected chi connectivity index (χ1v) is 10.2. The number of rotatable bonds is 10. The van der Waals surface area contributed by atoms with Crippen LogP contribution in [0, 0.1) is 0 Å². The quantitative estimate of drug-likeness (QED) is 0.217. The third-order valence-electron chi connectivity index (χ3n) is 3.67. The molecule has 2 aromatic rings. The lowest BCUT2D eigenvalue weighted by atomic mass is 10.1. The lowest BCUT2D eigenvalue weighted by Crippen LogP contribution is -2.43. The molecule has 29 heavy (non-hydrogen) atoms. The Morgan fingerprint density at radius 3 is 2.31 bits per heavy atom. The number of hydrogen-bond donors (Lipinski definition) is 3. The molecule has 0 aliphatic heterocycles. The first-order chi connectivity index (χ1) is 13.8. The zero-order valence-corrected chi connectivity index (χ0v) is 16.4. The molecule has 9 nitrogen and oxygen atoms in total. The van der Waals surface area contributed by atoms with E-state index in [1.807, 2.05) is 0 Å². The Balaban J connectivity index is 1.85. The molecule has 0 aromatic heterocycles. The van der Waals surface area contributed by atoms with Gasteiger partial charge in [-0.25, -0.2) is 13.2 Å². The molecule has 0 spiro atoms. The molecular formula is C19H23N3O6S. The summed E-state index contributed by atoms with van der Waals surface area (Å²) in [4.78, 5) is 24.0. The molecule has 0 amide bonds. The maximum Gasteiger partial charge on any atom is 0.345 e. The number of esters is 2. The van der Waals surface area contributed by atoms with Gasteiger partial charge < -0.3 is 20.9 Å². The highest BCUT2D eigenvalue weighted by Crippen LogP contribution is 2.10. The zero-order valence-electron chi connectivity index (χ0n) is 15.6. The molecule has 0 heterocycles. The Hall–Kier alpha value is -2.63. The van der Waals surface area contributed by atoms with Crippen molar-refractivity contribution in [1.29, 1.82) is 0 Å². The number of nitrogens with two attached hydrogens (primary N) is 2. The van der Waals surface area contributed by atoms with Crippen LogP contribution in [-0.4, -0.2) is 39.7 Å². The summed E-state index contributed by atoms with van der Waals surface area (Å²) < 4.78 is 36.5. The minimum absolute atomic E-state index is 0.00965. The van der Waals surface area contributed by atoms with Gasteiger partial charge in [0.05, 0.1) is 36.3 Å². The topological polar surface area (TPSA) is 151 Å². The van der Waals surface area contributed by atoms with Crippen LogP contribution in [0.4, 0.5) is 0 Å². The molecule has 0 radical (unpaired) electrons. The molecule has 10 heteroatoms. The fraction of sp³-hybridized carbons (Fsp3) is 0.263. The van der Waals surface area contributed by atoms with Gasteiger partial charge in [-0.1, -0.05) is 30.3 Å². The minimum Gasteiger partial charge on any atom is -0.389 e. The Morgan fingerprint density at radius 1 is 1.03 bits per heavy atom. The van der Waals surface area contributed by atoms with E-state index in [2.05, 4.69) is 4.72 Å². The highest BCUT2D eigenvalue weighted by molar-refractivity contribution is 7.89. The summed E-state index contributed by atoms with van der Waals surface area (Å²) in [6, 6.07) is 13.9. The second kappa shape index (κ2) is 10.8. The summed E-state index contributed by atoms with van der Waals surface area (Å²) >= 11 is 0. The van der Waals surface area contributed by atoms with Gasteiger partial charge in [-0.15, -0.1) is 0 Å². The van der Waals surface area contributed by atoms with E-state index in [1.165, 1.54) is 24.3 Å². The lowest BCUT2D eigenvalue weighted by molar-refractivity contribution is -0.138. The maximum absolute atomic E-state index is 12.2. The molecule has 0 saturated carbocycles. The van der Waals surface area contributed by atoms with Gasteiger partial charge in [0.2, 0.25) is 10.0 Å². The van der Waals surface area contributed by atoms with Crippen molar-refractivity contribution in [3.8, 4) is 0 Å². The molecule has 0 unspecified atom stereocenters. The standard InChI is InChI=1S/C19H23N3O6S/c20-10-11-27-13-14-6-8-15(9-7-14)19(24)28-18(23)12-17(21)22-29(25,26)16-4-2-1-3-5-16/h1-9,17,22H,10-13,20-21H2/t17-/m0/s1. The van der Waals surface area contributed by atoms with Crippen LogP contribution >= 0.6 is 0 Å². The second-order valence-electron chi connectivity index (χ2n) is 6.04. The van der Waals surface area contributed by atoms with E-state index < -0.39 is 34.5 Å². The van der Waals surface area contributed by atoms with Crippen molar-refractivity contribution in [3.05, 3.63) is 65.7 Å². The van der Waals surface area contributed by atoms with Gasteiger partial charge in [0, 0.05) is 6.54 Å². The zero-order chi connectivity index (χ0) is 21.3. The fourth-order valence-corrected chi connectivity index (χ4v) is 3.44. The van der Waals surface area contributed by atoms with E-state index in [0.717, 1.165) is 5.56 Å². The summed E-state index contributed by atoms with van der Waals surface area (Å²) in [6.45, 7) is 1.19. The summed E-state index contributed by atoms with van der Waals surface area (Å²) in [6.07, 6.45) is -1.76. The number of benzene rings is 2. The van der Waals surface area contributed by atoms with E-state index in [-0.39, 0.29) is 10.5 Å². The van der Waals surface area contributed by atoms with Crippen LogP contribution in [0.1, 0.15) is 22.3 Å². The Kier molecular flexibility index (Phi) is 8.43. The van der Waals surface area contributed by atoms with E-state index in [4.69, 9.17) is 20.9 Å². The Bertz CT molecular complexity index is 917. The van der Waals surface area contributed by atoms with Crippen LogP contribution in [0.25, 0.3) is 0 Å². The average molecular weight is 421 g/mol. The van der Waals surface area contributed by atoms with Crippen molar-refractivity contribution in [1.82, 2.24) is 4.72 Å². The molecule has 0 aliphatic rings. The Morgan fingerprint density at radius 2 is 1.69 bits per heavy atom. The van der Waals surface area contributed by atoms with Crippen molar-refractivity contribution in [2.24, 2.45) is 11.5 Å². The van der Waals surface area contributed by atoms with Gasteiger partial charge in [0.1, 0.15) is 0 Å². The first kappa shape index (κ1) is 22.7. The monoisotopic (exact) mass is 421 g/mol. The molecule has 0 fully saturated rings. The lowest BCUT2D eigenvalue weighted by Gasteiger charge is -2.13.